The highest BCUT2D eigenvalue weighted by molar-refractivity contribution is 5.85. The van der Waals surface area contributed by atoms with Crippen LogP contribution in [0, 0.1) is 11.3 Å². The number of fused-ring (bicyclic) bond motifs is 2. The minimum Gasteiger partial charge on any atom is -0.487 e. The second-order valence-electron chi connectivity index (χ2n) is 8.24. The lowest BCUT2D eigenvalue weighted by Crippen LogP contribution is -2.65. The first kappa shape index (κ1) is 20.8. The molecule has 8 nitrogen and oxygen atoms in total. The lowest BCUT2D eigenvalue weighted by molar-refractivity contribution is -0.184. The third-order valence-corrected chi connectivity index (χ3v) is 6.16. The van der Waals surface area contributed by atoms with Crippen LogP contribution in [0.25, 0.3) is 11.1 Å². The van der Waals surface area contributed by atoms with E-state index in [9.17, 15) is 10.1 Å². The third-order valence-electron chi connectivity index (χ3n) is 6.16. The van der Waals surface area contributed by atoms with Crippen molar-refractivity contribution in [2.45, 2.75) is 37.0 Å². The first-order valence-electron chi connectivity index (χ1n) is 10.1. The van der Waals surface area contributed by atoms with Crippen molar-refractivity contribution in [1.82, 2.24) is 9.88 Å². The maximum atomic E-state index is 12.8. The quantitative estimate of drug-likeness (QED) is 0.461. The van der Waals surface area contributed by atoms with Crippen LogP contribution in [0.2, 0.25) is 0 Å². The van der Waals surface area contributed by atoms with Crippen LogP contribution in [-0.4, -0.2) is 54.5 Å². The predicted molar refractivity (Wildman–Crippen MR) is 115 cm³/mol. The first-order chi connectivity index (χ1) is 14.8. The fourth-order valence-corrected chi connectivity index (χ4v) is 4.30. The number of benzene rings is 1. The van der Waals surface area contributed by atoms with Crippen LogP contribution in [0.5, 0.6) is 5.75 Å². The van der Waals surface area contributed by atoms with Gasteiger partial charge in [0.05, 0.1) is 5.56 Å². The fraction of sp³-hybridized carbons (Fsp3) is 0.391. The van der Waals surface area contributed by atoms with E-state index < -0.39 is 11.1 Å². The number of ether oxygens (including phenoxy) is 2. The van der Waals surface area contributed by atoms with Gasteiger partial charge in [0, 0.05) is 44.2 Å². The average Bonchev–Trinajstić information content (AvgIpc) is 2.78. The number of hydrogen-bond acceptors (Lipinski definition) is 6. The predicted octanol–water partition coefficient (Wildman–Crippen LogP) is 2.22. The van der Waals surface area contributed by atoms with E-state index in [2.05, 4.69) is 11.1 Å². The first-order valence-corrected chi connectivity index (χ1v) is 10.1. The summed E-state index contributed by atoms with van der Waals surface area (Å²) in [6.45, 7) is 2.37. The standard InChI is InChI=1S/C23H25N5O3/c1-22-20(5-4-8-30-22)31-19-7-6-16(17-9-15(11-24)12-26-13-17)10-18(19)23(22,14-29)27-21(25)28(2)3/h6-7,9-10,12-14,20H,4-5,8H2,1-3H3,(H2,25,27). The molecule has 0 spiro atoms. The van der Waals surface area contributed by atoms with Gasteiger partial charge in [-0.2, -0.15) is 5.26 Å². The van der Waals surface area contributed by atoms with Gasteiger partial charge < -0.3 is 24.9 Å². The van der Waals surface area contributed by atoms with Gasteiger partial charge in [0.1, 0.15) is 23.5 Å². The van der Waals surface area contributed by atoms with E-state index in [4.69, 9.17) is 20.2 Å². The molecule has 0 amide bonds. The minimum atomic E-state index is -1.39. The summed E-state index contributed by atoms with van der Waals surface area (Å²) in [6.07, 6.45) is 5.24. The molecule has 0 saturated carbocycles. The van der Waals surface area contributed by atoms with Crippen molar-refractivity contribution >= 4 is 12.2 Å². The Labute approximate surface area is 181 Å². The molecular formula is C23H25N5O3. The summed E-state index contributed by atoms with van der Waals surface area (Å²) in [5.74, 6) is 0.788. The van der Waals surface area contributed by atoms with Crippen molar-refractivity contribution in [3.63, 3.8) is 0 Å². The number of carbonyl (C=O) groups excluding carboxylic acids is 1. The molecule has 0 bridgehead atoms. The van der Waals surface area contributed by atoms with E-state index in [1.54, 1.807) is 31.3 Å². The molecule has 4 rings (SSSR count). The van der Waals surface area contributed by atoms with Gasteiger partial charge in [-0.15, -0.1) is 0 Å². The molecule has 0 aliphatic carbocycles. The van der Waals surface area contributed by atoms with Crippen molar-refractivity contribution < 1.29 is 14.3 Å². The zero-order valence-electron chi connectivity index (χ0n) is 17.8. The number of guanidine groups is 1. The van der Waals surface area contributed by atoms with Gasteiger partial charge in [0.15, 0.2) is 17.8 Å². The third kappa shape index (κ3) is 3.22. The Bertz CT molecular complexity index is 1090. The number of nitriles is 1. The Balaban J connectivity index is 1.97. The van der Waals surface area contributed by atoms with E-state index in [0.29, 0.717) is 23.5 Å². The number of rotatable bonds is 3. The number of nitrogens with two attached hydrogens (primary N) is 1. The number of aliphatic imine (C=N–C) groups is 1. The van der Waals surface area contributed by atoms with Gasteiger partial charge in [0.2, 0.25) is 0 Å². The van der Waals surface area contributed by atoms with E-state index in [1.165, 1.54) is 6.20 Å². The molecule has 3 atom stereocenters. The number of nitrogens with zero attached hydrogens (tertiary/aromatic N) is 4. The van der Waals surface area contributed by atoms with E-state index in [-0.39, 0.29) is 12.1 Å². The van der Waals surface area contributed by atoms with Gasteiger partial charge in [-0.25, -0.2) is 4.99 Å². The molecule has 3 heterocycles. The Kier molecular flexibility index (Phi) is 5.15. The molecular weight excluding hydrogens is 394 g/mol. The zero-order chi connectivity index (χ0) is 22.2. The fourth-order valence-electron chi connectivity index (χ4n) is 4.30. The highest BCUT2D eigenvalue weighted by Gasteiger charge is 2.62. The summed E-state index contributed by atoms with van der Waals surface area (Å²) in [6, 6.07) is 9.42. The normalized spacial score (nSPS) is 27.3. The monoisotopic (exact) mass is 419 g/mol. The van der Waals surface area contributed by atoms with Gasteiger partial charge in [0.25, 0.3) is 0 Å². The van der Waals surface area contributed by atoms with Crippen molar-refractivity contribution in [3.05, 3.63) is 47.8 Å². The smallest absolute Gasteiger partial charge is 0.192 e. The van der Waals surface area contributed by atoms with Gasteiger partial charge in [-0.1, -0.05) is 6.07 Å². The second-order valence-corrected chi connectivity index (χ2v) is 8.24. The second kappa shape index (κ2) is 7.67. The van der Waals surface area contributed by atoms with Crippen LogP contribution in [0.4, 0.5) is 0 Å². The molecule has 1 fully saturated rings. The number of pyridine rings is 1. The summed E-state index contributed by atoms with van der Waals surface area (Å²) in [4.78, 5) is 23.4. The number of aromatic nitrogens is 1. The maximum absolute atomic E-state index is 12.8. The van der Waals surface area contributed by atoms with Crippen molar-refractivity contribution in [3.8, 4) is 22.9 Å². The van der Waals surface area contributed by atoms with Gasteiger partial charge >= 0.3 is 0 Å². The molecule has 8 heteroatoms. The summed E-state index contributed by atoms with van der Waals surface area (Å²) < 4.78 is 12.5. The molecule has 1 saturated heterocycles. The van der Waals surface area contributed by atoms with Crippen LogP contribution in [0.15, 0.2) is 41.7 Å². The highest BCUT2D eigenvalue weighted by Crippen LogP contribution is 2.52. The lowest BCUT2D eigenvalue weighted by atomic mass is 9.69. The molecule has 160 valence electrons. The zero-order valence-corrected chi connectivity index (χ0v) is 17.8. The van der Waals surface area contributed by atoms with Crippen LogP contribution >= 0.6 is 0 Å². The Hall–Kier alpha value is -3.44. The number of hydrogen-bond donors (Lipinski definition) is 1. The highest BCUT2D eigenvalue weighted by atomic mass is 16.6. The average molecular weight is 419 g/mol. The van der Waals surface area contributed by atoms with Gasteiger partial charge in [-0.3, -0.25) is 4.98 Å². The molecule has 2 aliphatic heterocycles. The van der Waals surface area contributed by atoms with Crippen LogP contribution < -0.4 is 10.5 Å². The molecule has 2 N–H and O–H groups in total. The topological polar surface area (TPSA) is 114 Å². The van der Waals surface area contributed by atoms with E-state index in [0.717, 1.165) is 30.3 Å². The summed E-state index contributed by atoms with van der Waals surface area (Å²) in [5, 5.41) is 9.23. The largest absolute Gasteiger partial charge is 0.487 e. The summed E-state index contributed by atoms with van der Waals surface area (Å²) in [5.41, 5.74) is 6.36. The minimum absolute atomic E-state index is 0.215. The molecule has 31 heavy (non-hydrogen) atoms. The Morgan fingerprint density at radius 3 is 2.87 bits per heavy atom. The van der Waals surface area contributed by atoms with E-state index in [1.807, 2.05) is 25.1 Å². The van der Waals surface area contributed by atoms with E-state index >= 15 is 0 Å². The molecule has 0 radical (unpaired) electrons. The van der Waals surface area contributed by atoms with Crippen molar-refractivity contribution in [1.29, 1.82) is 5.26 Å². The summed E-state index contributed by atoms with van der Waals surface area (Å²) >= 11 is 0. The van der Waals surface area contributed by atoms with Crippen LogP contribution in [-0.2, 0) is 15.1 Å². The van der Waals surface area contributed by atoms with Crippen LogP contribution in [0.3, 0.4) is 0 Å². The van der Waals surface area contributed by atoms with Crippen molar-refractivity contribution in [2.24, 2.45) is 10.7 Å². The maximum Gasteiger partial charge on any atom is 0.192 e. The van der Waals surface area contributed by atoms with Crippen LogP contribution in [0.1, 0.15) is 30.9 Å². The lowest BCUT2D eigenvalue weighted by Gasteiger charge is -2.53. The molecule has 1 aromatic heterocycles. The number of carbonyl (C=O) groups is 1. The molecule has 2 aromatic rings. The molecule has 3 unspecified atom stereocenters. The summed E-state index contributed by atoms with van der Waals surface area (Å²) in [7, 11) is 3.54. The SMILES string of the molecule is CN(C)C(N)=NC1(C=O)c2cc(-c3cncc(C#N)c3)ccc2OC2CCCOC21C. The molecule has 1 aromatic carbocycles. The molecule has 2 aliphatic rings. The van der Waals surface area contributed by atoms with Crippen molar-refractivity contribution in [2.75, 3.05) is 20.7 Å². The Morgan fingerprint density at radius 1 is 1.35 bits per heavy atom. The Morgan fingerprint density at radius 2 is 2.16 bits per heavy atom. The number of aldehydes is 1. The van der Waals surface area contributed by atoms with Gasteiger partial charge in [-0.05, 0) is 43.5 Å².